The number of methoxy groups -OCH3 is 2. The van der Waals surface area contributed by atoms with Gasteiger partial charge >= 0.3 is 0 Å². The lowest BCUT2D eigenvalue weighted by Crippen LogP contribution is -2.03. The minimum absolute atomic E-state index is 0.560. The van der Waals surface area contributed by atoms with Gasteiger partial charge < -0.3 is 15.2 Å². The Kier molecular flexibility index (Phi) is 3.98. The van der Waals surface area contributed by atoms with Gasteiger partial charge in [0.15, 0.2) is 5.82 Å². The van der Waals surface area contributed by atoms with Crippen LogP contribution in [0.15, 0.2) is 42.6 Å². The van der Waals surface area contributed by atoms with E-state index in [1.165, 1.54) is 0 Å². The number of fused-ring (bicyclic) bond motifs is 1. The van der Waals surface area contributed by atoms with Gasteiger partial charge in [0, 0.05) is 12.6 Å². The highest BCUT2D eigenvalue weighted by atomic mass is 16.5. The molecule has 0 atom stereocenters. The monoisotopic (exact) mass is 297 g/mol. The first-order valence-electron chi connectivity index (χ1n) is 7.17. The summed E-state index contributed by atoms with van der Waals surface area (Å²) in [6.45, 7) is 0.560. The molecule has 2 heterocycles. The zero-order valence-corrected chi connectivity index (χ0v) is 12.7. The second kappa shape index (κ2) is 6.07. The van der Waals surface area contributed by atoms with Gasteiger partial charge in [-0.3, -0.25) is 4.40 Å². The third-order valence-electron chi connectivity index (χ3n) is 3.66. The first-order chi connectivity index (χ1) is 10.8. The highest BCUT2D eigenvalue weighted by Gasteiger charge is 2.19. The maximum atomic E-state index is 5.71. The van der Waals surface area contributed by atoms with Gasteiger partial charge in [-0.25, -0.2) is 4.98 Å². The van der Waals surface area contributed by atoms with Crippen LogP contribution in [0.5, 0.6) is 11.5 Å². The smallest absolute Gasteiger partial charge is 0.152 e. The summed E-state index contributed by atoms with van der Waals surface area (Å²) < 4.78 is 13.1. The van der Waals surface area contributed by atoms with Crippen LogP contribution in [0.2, 0.25) is 0 Å². The SMILES string of the molecule is COc1cccc(OC)c1-c1nc(CCN)c2ccccn12. The number of rotatable bonds is 5. The summed E-state index contributed by atoms with van der Waals surface area (Å²) in [5, 5.41) is 0. The molecule has 0 fully saturated rings. The number of nitrogens with two attached hydrogens (primary N) is 1. The Balaban J connectivity index is 2.31. The van der Waals surface area contributed by atoms with Crippen LogP contribution >= 0.6 is 0 Å². The summed E-state index contributed by atoms with van der Waals surface area (Å²) in [6, 6.07) is 11.7. The Morgan fingerprint density at radius 3 is 2.41 bits per heavy atom. The van der Waals surface area contributed by atoms with E-state index in [2.05, 4.69) is 0 Å². The normalized spacial score (nSPS) is 10.9. The minimum Gasteiger partial charge on any atom is -0.496 e. The molecule has 3 rings (SSSR count). The van der Waals surface area contributed by atoms with Crippen molar-refractivity contribution in [2.45, 2.75) is 6.42 Å². The van der Waals surface area contributed by atoms with Crippen LogP contribution in [-0.2, 0) is 6.42 Å². The zero-order valence-electron chi connectivity index (χ0n) is 12.7. The highest BCUT2D eigenvalue weighted by molar-refractivity contribution is 5.75. The third-order valence-corrected chi connectivity index (χ3v) is 3.66. The molecule has 114 valence electrons. The molecule has 5 heteroatoms. The lowest BCUT2D eigenvalue weighted by atomic mass is 10.1. The minimum atomic E-state index is 0.560. The fraction of sp³-hybridized carbons (Fsp3) is 0.235. The average molecular weight is 297 g/mol. The Morgan fingerprint density at radius 1 is 1.05 bits per heavy atom. The van der Waals surface area contributed by atoms with Gasteiger partial charge in [0.1, 0.15) is 17.1 Å². The van der Waals surface area contributed by atoms with Crippen LogP contribution in [0.1, 0.15) is 5.69 Å². The topological polar surface area (TPSA) is 61.8 Å². The van der Waals surface area contributed by atoms with E-state index in [4.69, 9.17) is 20.2 Å². The van der Waals surface area contributed by atoms with Gasteiger partial charge in [0.05, 0.1) is 25.4 Å². The van der Waals surface area contributed by atoms with Gasteiger partial charge in [0.2, 0.25) is 0 Å². The van der Waals surface area contributed by atoms with Crippen molar-refractivity contribution in [3.05, 3.63) is 48.3 Å². The van der Waals surface area contributed by atoms with Crippen molar-refractivity contribution < 1.29 is 9.47 Å². The van der Waals surface area contributed by atoms with Gasteiger partial charge in [-0.15, -0.1) is 0 Å². The van der Waals surface area contributed by atoms with Gasteiger partial charge in [0.25, 0.3) is 0 Å². The first-order valence-corrected chi connectivity index (χ1v) is 7.17. The van der Waals surface area contributed by atoms with Crippen molar-refractivity contribution in [2.24, 2.45) is 5.73 Å². The molecule has 2 N–H and O–H groups in total. The lowest BCUT2D eigenvalue weighted by Gasteiger charge is -2.12. The summed E-state index contributed by atoms with van der Waals surface area (Å²) in [4.78, 5) is 4.79. The van der Waals surface area contributed by atoms with Crippen LogP contribution in [0.4, 0.5) is 0 Å². The van der Waals surface area contributed by atoms with Gasteiger partial charge in [-0.05, 0) is 30.8 Å². The number of benzene rings is 1. The molecule has 0 amide bonds. The highest BCUT2D eigenvalue weighted by Crippen LogP contribution is 2.38. The molecule has 0 aliphatic rings. The second-order valence-electron chi connectivity index (χ2n) is 4.91. The molecule has 22 heavy (non-hydrogen) atoms. The fourth-order valence-electron chi connectivity index (χ4n) is 2.67. The van der Waals surface area contributed by atoms with Crippen molar-refractivity contribution >= 4 is 5.52 Å². The van der Waals surface area contributed by atoms with E-state index in [1.54, 1.807) is 14.2 Å². The molecule has 1 aromatic carbocycles. The predicted molar refractivity (Wildman–Crippen MR) is 86.5 cm³/mol. The van der Waals surface area contributed by atoms with Crippen LogP contribution < -0.4 is 15.2 Å². The van der Waals surface area contributed by atoms with Crippen LogP contribution in [-0.4, -0.2) is 30.1 Å². The second-order valence-corrected chi connectivity index (χ2v) is 4.91. The number of hydrogen-bond donors (Lipinski definition) is 1. The molecule has 0 aliphatic carbocycles. The number of imidazole rings is 1. The molecule has 0 radical (unpaired) electrons. The summed E-state index contributed by atoms with van der Waals surface area (Å²) in [6.07, 6.45) is 2.72. The van der Waals surface area contributed by atoms with E-state index in [0.717, 1.165) is 40.5 Å². The molecule has 0 saturated carbocycles. The van der Waals surface area contributed by atoms with Crippen molar-refractivity contribution in [3.63, 3.8) is 0 Å². The number of pyridine rings is 1. The lowest BCUT2D eigenvalue weighted by molar-refractivity contribution is 0.397. The Hall–Kier alpha value is -2.53. The molecular formula is C17H19N3O2. The van der Waals surface area contributed by atoms with Crippen LogP contribution in [0, 0.1) is 0 Å². The number of hydrogen-bond acceptors (Lipinski definition) is 4. The van der Waals surface area contributed by atoms with Crippen LogP contribution in [0.25, 0.3) is 16.9 Å². The molecule has 5 nitrogen and oxygen atoms in total. The Morgan fingerprint density at radius 2 is 1.77 bits per heavy atom. The molecule has 0 spiro atoms. The summed E-state index contributed by atoms with van der Waals surface area (Å²) in [7, 11) is 3.30. The van der Waals surface area contributed by atoms with E-state index in [0.29, 0.717) is 6.54 Å². The fourth-order valence-corrected chi connectivity index (χ4v) is 2.67. The van der Waals surface area contributed by atoms with Crippen molar-refractivity contribution in [1.82, 2.24) is 9.38 Å². The molecule has 3 aromatic rings. The molecule has 0 bridgehead atoms. The van der Waals surface area contributed by atoms with Crippen molar-refractivity contribution in [1.29, 1.82) is 0 Å². The summed E-state index contributed by atoms with van der Waals surface area (Å²) in [5.41, 5.74) is 8.59. The molecule has 0 saturated heterocycles. The molecule has 0 aliphatic heterocycles. The Bertz CT molecular complexity index is 773. The van der Waals surface area contributed by atoms with Gasteiger partial charge in [-0.1, -0.05) is 12.1 Å². The predicted octanol–water partition coefficient (Wildman–Crippen LogP) is 2.52. The molecule has 0 unspecified atom stereocenters. The third kappa shape index (κ3) is 2.29. The largest absolute Gasteiger partial charge is 0.496 e. The zero-order chi connectivity index (χ0) is 15.5. The van der Waals surface area contributed by atoms with Gasteiger partial charge in [-0.2, -0.15) is 0 Å². The number of aromatic nitrogens is 2. The van der Waals surface area contributed by atoms with Crippen molar-refractivity contribution in [3.8, 4) is 22.9 Å². The van der Waals surface area contributed by atoms with E-state index < -0.39 is 0 Å². The number of nitrogens with zero attached hydrogens (tertiary/aromatic N) is 2. The average Bonchev–Trinajstić information content (AvgIpc) is 2.93. The van der Waals surface area contributed by atoms with E-state index in [1.807, 2.05) is 47.0 Å². The maximum absolute atomic E-state index is 5.71. The van der Waals surface area contributed by atoms with E-state index >= 15 is 0 Å². The number of ether oxygens (including phenoxy) is 2. The Labute approximate surface area is 129 Å². The van der Waals surface area contributed by atoms with E-state index in [-0.39, 0.29) is 0 Å². The quantitative estimate of drug-likeness (QED) is 0.786. The standard InChI is InChI=1S/C17H19N3O2/c1-21-14-7-5-8-15(22-2)16(14)17-19-12(9-10-18)13-6-3-4-11-20(13)17/h3-8,11H,9-10,18H2,1-2H3. The van der Waals surface area contributed by atoms with Crippen LogP contribution in [0.3, 0.4) is 0 Å². The molecular weight excluding hydrogens is 278 g/mol. The first kappa shape index (κ1) is 14.4. The summed E-state index contributed by atoms with van der Waals surface area (Å²) in [5.74, 6) is 2.26. The molecule has 2 aromatic heterocycles. The maximum Gasteiger partial charge on any atom is 0.152 e. The summed E-state index contributed by atoms with van der Waals surface area (Å²) >= 11 is 0. The van der Waals surface area contributed by atoms with E-state index in [9.17, 15) is 0 Å². The van der Waals surface area contributed by atoms with Crippen molar-refractivity contribution in [2.75, 3.05) is 20.8 Å².